The number of carbonyl (C=O) groups is 2. The van der Waals surface area contributed by atoms with Gasteiger partial charge in [-0.05, 0) is 18.7 Å². The van der Waals surface area contributed by atoms with Crippen molar-refractivity contribution >= 4 is 45.6 Å². The number of hydrogen-bond acceptors (Lipinski definition) is 5. The fraction of sp³-hybridized carbons (Fsp3) is 0.421. The number of nitrogens with one attached hydrogen (secondary N) is 1. The Morgan fingerprint density at radius 1 is 1.41 bits per heavy atom. The number of halogens is 1. The molecule has 27 heavy (non-hydrogen) atoms. The third kappa shape index (κ3) is 3.72. The number of likely N-dealkylation sites (N-methyl/N-ethyl adjacent to an activating group) is 1. The lowest BCUT2D eigenvalue weighted by atomic mass is 10.1. The lowest BCUT2D eigenvalue weighted by Crippen LogP contribution is -2.29. The molecular weight excluding hydrogens is 384 g/mol. The predicted molar refractivity (Wildman–Crippen MR) is 107 cm³/mol. The Hall–Kier alpha value is -1.96. The van der Waals surface area contributed by atoms with Gasteiger partial charge in [0.15, 0.2) is 5.13 Å². The minimum Gasteiger partial charge on any atom is -0.310 e. The lowest BCUT2D eigenvalue weighted by Gasteiger charge is -2.23. The van der Waals surface area contributed by atoms with Crippen molar-refractivity contribution in [2.75, 3.05) is 29.9 Å². The highest BCUT2D eigenvalue weighted by Gasteiger charge is 2.36. The molecule has 0 spiro atoms. The highest BCUT2D eigenvalue weighted by atomic mass is 35.5. The van der Waals surface area contributed by atoms with Crippen molar-refractivity contribution in [1.82, 2.24) is 9.88 Å². The largest absolute Gasteiger partial charge is 0.310 e. The Morgan fingerprint density at radius 3 is 3.00 bits per heavy atom. The Kier molecular flexibility index (Phi) is 5.16. The molecule has 6 nitrogen and oxygen atoms in total. The lowest BCUT2D eigenvalue weighted by molar-refractivity contribution is -0.122. The number of hydrogen-bond donors (Lipinski definition) is 1. The number of benzene rings is 1. The molecule has 1 unspecified atom stereocenters. The molecular formula is C19H21ClN4O2S. The number of nitrogens with zero attached hydrogens (tertiary/aromatic N) is 3. The number of thiazole rings is 1. The maximum Gasteiger partial charge on any atom is 0.231 e. The van der Waals surface area contributed by atoms with Crippen LogP contribution in [0.4, 0.5) is 10.8 Å². The van der Waals surface area contributed by atoms with Crippen LogP contribution in [0.1, 0.15) is 23.9 Å². The summed E-state index contributed by atoms with van der Waals surface area (Å²) in [4.78, 5) is 34.8. The molecule has 142 valence electrons. The molecule has 0 radical (unpaired) electrons. The highest BCUT2D eigenvalue weighted by molar-refractivity contribution is 7.15. The SMILES string of the molecule is CCN1CCc2nc(NC(=O)C3CC(=O)N(c4ccccc4Cl)C3)sc2C1. The average Bonchev–Trinajstić information content (AvgIpc) is 3.24. The van der Waals surface area contributed by atoms with Crippen molar-refractivity contribution < 1.29 is 9.59 Å². The normalized spacial score (nSPS) is 20.0. The molecule has 3 heterocycles. The number of para-hydroxylation sites is 1. The summed E-state index contributed by atoms with van der Waals surface area (Å²) >= 11 is 7.74. The van der Waals surface area contributed by atoms with Crippen molar-refractivity contribution in [2.45, 2.75) is 26.3 Å². The second-order valence-electron chi connectivity index (χ2n) is 6.85. The van der Waals surface area contributed by atoms with Crippen LogP contribution in [-0.2, 0) is 22.6 Å². The predicted octanol–water partition coefficient (Wildman–Crippen LogP) is 3.17. The first kappa shape index (κ1) is 18.4. The van der Waals surface area contributed by atoms with E-state index in [0.717, 1.165) is 31.7 Å². The minimum absolute atomic E-state index is 0.0831. The van der Waals surface area contributed by atoms with Crippen LogP contribution < -0.4 is 10.2 Å². The monoisotopic (exact) mass is 404 g/mol. The Labute approximate surface area is 167 Å². The number of rotatable bonds is 4. The second kappa shape index (κ2) is 7.58. The van der Waals surface area contributed by atoms with Crippen LogP contribution >= 0.6 is 22.9 Å². The molecule has 1 aromatic heterocycles. The van der Waals surface area contributed by atoms with Crippen molar-refractivity contribution in [3.05, 3.63) is 39.9 Å². The van der Waals surface area contributed by atoms with Gasteiger partial charge in [0.1, 0.15) is 0 Å². The molecule has 4 rings (SSSR count). The minimum atomic E-state index is -0.401. The van der Waals surface area contributed by atoms with Gasteiger partial charge < -0.3 is 10.2 Å². The number of fused-ring (bicyclic) bond motifs is 1. The molecule has 1 N–H and O–H groups in total. The van der Waals surface area contributed by atoms with Crippen molar-refractivity contribution in [1.29, 1.82) is 0 Å². The number of anilines is 2. The number of aromatic nitrogens is 1. The molecule has 2 aromatic rings. The molecule has 2 amide bonds. The summed E-state index contributed by atoms with van der Waals surface area (Å²) < 4.78 is 0. The van der Waals surface area contributed by atoms with Gasteiger partial charge in [-0.2, -0.15) is 0 Å². The maximum atomic E-state index is 12.7. The molecule has 0 aliphatic carbocycles. The zero-order chi connectivity index (χ0) is 19.0. The van der Waals surface area contributed by atoms with Crippen molar-refractivity contribution in [3.63, 3.8) is 0 Å². The highest BCUT2D eigenvalue weighted by Crippen LogP contribution is 2.32. The van der Waals surface area contributed by atoms with Gasteiger partial charge in [0.05, 0.1) is 22.3 Å². The van der Waals surface area contributed by atoms with Crippen LogP contribution in [0, 0.1) is 5.92 Å². The molecule has 1 atom stereocenters. The summed E-state index contributed by atoms with van der Waals surface area (Å²) in [6.45, 7) is 5.40. The van der Waals surface area contributed by atoms with Crippen LogP contribution in [0.15, 0.2) is 24.3 Å². The van der Waals surface area contributed by atoms with E-state index < -0.39 is 5.92 Å². The van der Waals surface area contributed by atoms with Crippen LogP contribution in [0.5, 0.6) is 0 Å². The van der Waals surface area contributed by atoms with Crippen molar-refractivity contribution in [3.8, 4) is 0 Å². The number of amides is 2. The second-order valence-corrected chi connectivity index (χ2v) is 8.34. The standard InChI is InChI=1S/C19H21ClN4O2S/c1-2-23-8-7-14-16(11-23)27-19(21-14)22-18(26)12-9-17(25)24(10-12)15-6-4-3-5-13(15)20/h3-6,12H,2,7-11H2,1H3,(H,21,22,26). The summed E-state index contributed by atoms with van der Waals surface area (Å²) in [5.74, 6) is -0.640. The van der Waals surface area contributed by atoms with Gasteiger partial charge in [-0.25, -0.2) is 4.98 Å². The van der Waals surface area contributed by atoms with E-state index in [2.05, 4.69) is 22.1 Å². The Bertz CT molecular complexity index is 884. The quantitative estimate of drug-likeness (QED) is 0.850. The zero-order valence-corrected chi connectivity index (χ0v) is 16.6. The molecule has 0 bridgehead atoms. The third-order valence-electron chi connectivity index (χ3n) is 5.13. The summed E-state index contributed by atoms with van der Waals surface area (Å²) in [6, 6.07) is 7.20. The van der Waals surface area contributed by atoms with E-state index in [4.69, 9.17) is 11.6 Å². The molecule has 1 aromatic carbocycles. The van der Waals surface area contributed by atoms with E-state index in [9.17, 15) is 9.59 Å². The van der Waals surface area contributed by atoms with E-state index in [1.807, 2.05) is 12.1 Å². The van der Waals surface area contributed by atoms with E-state index in [1.165, 1.54) is 16.2 Å². The summed E-state index contributed by atoms with van der Waals surface area (Å²) in [6.07, 6.45) is 1.10. The Morgan fingerprint density at radius 2 is 2.22 bits per heavy atom. The molecule has 0 saturated carbocycles. The van der Waals surface area contributed by atoms with Gasteiger partial charge in [-0.1, -0.05) is 30.7 Å². The van der Waals surface area contributed by atoms with Crippen LogP contribution in [0.25, 0.3) is 0 Å². The summed E-state index contributed by atoms with van der Waals surface area (Å²) in [7, 11) is 0. The topological polar surface area (TPSA) is 65.5 Å². The third-order valence-corrected chi connectivity index (χ3v) is 6.44. The fourth-order valence-corrected chi connectivity index (χ4v) is 4.86. The maximum absolute atomic E-state index is 12.7. The Balaban J connectivity index is 1.43. The first-order valence-corrected chi connectivity index (χ1v) is 10.3. The van der Waals surface area contributed by atoms with Crippen molar-refractivity contribution in [2.24, 2.45) is 5.92 Å². The zero-order valence-electron chi connectivity index (χ0n) is 15.1. The van der Waals surface area contributed by atoms with Crippen LogP contribution in [0.3, 0.4) is 0 Å². The van der Waals surface area contributed by atoms with Gasteiger partial charge >= 0.3 is 0 Å². The van der Waals surface area contributed by atoms with E-state index in [1.54, 1.807) is 17.0 Å². The summed E-state index contributed by atoms with van der Waals surface area (Å²) in [5.41, 5.74) is 1.74. The molecule has 1 saturated heterocycles. The first-order chi connectivity index (χ1) is 13.0. The first-order valence-electron chi connectivity index (χ1n) is 9.12. The molecule has 1 fully saturated rings. The summed E-state index contributed by atoms with van der Waals surface area (Å²) in [5, 5.41) is 4.06. The van der Waals surface area contributed by atoms with Crippen LogP contribution in [-0.4, -0.2) is 41.3 Å². The average molecular weight is 405 g/mol. The van der Waals surface area contributed by atoms with E-state index >= 15 is 0 Å². The van der Waals surface area contributed by atoms with Gasteiger partial charge in [-0.15, -0.1) is 11.3 Å². The molecule has 2 aliphatic heterocycles. The fourth-order valence-electron chi connectivity index (χ4n) is 3.57. The van der Waals surface area contributed by atoms with Gasteiger partial charge in [0, 0.05) is 37.4 Å². The van der Waals surface area contributed by atoms with Gasteiger partial charge in [0.2, 0.25) is 11.8 Å². The molecule has 2 aliphatic rings. The van der Waals surface area contributed by atoms with Gasteiger partial charge in [-0.3, -0.25) is 14.5 Å². The van der Waals surface area contributed by atoms with E-state index in [0.29, 0.717) is 22.4 Å². The van der Waals surface area contributed by atoms with E-state index in [-0.39, 0.29) is 18.2 Å². The van der Waals surface area contributed by atoms with Crippen LogP contribution in [0.2, 0.25) is 5.02 Å². The molecule has 8 heteroatoms. The van der Waals surface area contributed by atoms with Gasteiger partial charge in [0.25, 0.3) is 0 Å². The smallest absolute Gasteiger partial charge is 0.231 e. The number of carbonyl (C=O) groups excluding carboxylic acids is 2.